The predicted octanol–water partition coefficient (Wildman–Crippen LogP) is 4.23. The molecule has 3 N–H and O–H groups in total. The summed E-state index contributed by atoms with van der Waals surface area (Å²) in [4.78, 5) is 0. The molecule has 0 aromatic heterocycles. The average Bonchev–Trinajstić information content (AvgIpc) is 2.48. The van der Waals surface area contributed by atoms with Crippen LogP contribution in [0, 0.1) is 0 Å². The molecular weight excluding hydrogens is 260 g/mol. The van der Waals surface area contributed by atoms with Gasteiger partial charge < -0.3 is 15.8 Å². The number of hydrogen-bond acceptors (Lipinski definition) is 3. The van der Waals surface area contributed by atoms with Gasteiger partial charge in [-0.3, -0.25) is 0 Å². The molecule has 2 rings (SSSR count). The van der Waals surface area contributed by atoms with E-state index in [4.69, 9.17) is 10.5 Å². The number of ether oxygens (including phenoxy) is 1. The largest absolute Gasteiger partial charge is 0.489 e. The summed E-state index contributed by atoms with van der Waals surface area (Å²) < 4.78 is 5.72. The van der Waals surface area contributed by atoms with Gasteiger partial charge in [-0.1, -0.05) is 37.3 Å². The van der Waals surface area contributed by atoms with E-state index < -0.39 is 0 Å². The molecule has 0 fully saturated rings. The molecule has 0 amide bonds. The third-order valence-electron chi connectivity index (χ3n) is 3.40. The second kappa shape index (κ2) is 7.02. The first kappa shape index (κ1) is 15.2. The van der Waals surface area contributed by atoms with Crippen molar-refractivity contribution in [2.45, 2.75) is 39.8 Å². The second-order valence-electron chi connectivity index (χ2n) is 5.36. The monoisotopic (exact) mass is 284 g/mol. The van der Waals surface area contributed by atoms with Crippen molar-refractivity contribution < 1.29 is 4.74 Å². The Labute approximate surface area is 127 Å². The lowest BCUT2D eigenvalue weighted by molar-refractivity contribution is 0.244. The van der Waals surface area contributed by atoms with Gasteiger partial charge in [0.05, 0.1) is 17.5 Å². The number of para-hydroxylation sites is 1. The molecule has 0 spiro atoms. The number of nitrogens with one attached hydrogen (secondary N) is 1. The van der Waals surface area contributed by atoms with Crippen LogP contribution in [0.5, 0.6) is 5.75 Å². The van der Waals surface area contributed by atoms with Crippen LogP contribution in [0.3, 0.4) is 0 Å². The lowest BCUT2D eigenvalue weighted by Crippen LogP contribution is -2.09. The third kappa shape index (κ3) is 3.91. The molecule has 2 aromatic carbocycles. The molecule has 0 unspecified atom stereocenters. The van der Waals surface area contributed by atoms with Crippen molar-refractivity contribution in [2.75, 3.05) is 11.1 Å². The lowest BCUT2D eigenvalue weighted by Gasteiger charge is -2.16. The number of benzene rings is 2. The molecular formula is C18H24N2O. The lowest BCUT2D eigenvalue weighted by atomic mass is 10.1. The number of nitrogen functional groups attached to an aromatic ring is 1. The second-order valence-corrected chi connectivity index (χ2v) is 5.36. The molecule has 0 heterocycles. The molecule has 0 saturated heterocycles. The van der Waals surface area contributed by atoms with Crippen molar-refractivity contribution in [3.63, 3.8) is 0 Å². The van der Waals surface area contributed by atoms with Crippen LogP contribution >= 0.6 is 0 Å². The average molecular weight is 284 g/mol. The van der Waals surface area contributed by atoms with Crippen LogP contribution in [0.15, 0.2) is 42.5 Å². The highest BCUT2D eigenvalue weighted by atomic mass is 16.5. The number of nitrogens with two attached hydrogens (primary N) is 1. The molecule has 0 bridgehead atoms. The molecule has 2 aromatic rings. The van der Waals surface area contributed by atoms with Gasteiger partial charge >= 0.3 is 0 Å². The van der Waals surface area contributed by atoms with Gasteiger partial charge in [-0.15, -0.1) is 0 Å². The van der Waals surface area contributed by atoms with Gasteiger partial charge in [-0.2, -0.15) is 0 Å². The minimum atomic E-state index is 0.114. The highest BCUT2D eigenvalue weighted by Gasteiger charge is 2.08. The van der Waals surface area contributed by atoms with Crippen LogP contribution in [0.4, 0.5) is 11.4 Å². The molecule has 0 radical (unpaired) electrons. The first-order chi connectivity index (χ1) is 10.1. The highest BCUT2D eigenvalue weighted by Crippen LogP contribution is 2.30. The maximum atomic E-state index is 6.18. The molecule has 112 valence electrons. The Morgan fingerprint density at radius 2 is 1.76 bits per heavy atom. The topological polar surface area (TPSA) is 47.3 Å². The molecule has 0 aliphatic heterocycles. The predicted molar refractivity (Wildman–Crippen MR) is 89.8 cm³/mol. The molecule has 0 aliphatic carbocycles. The Bertz CT molecular complexity index is 594. The molecule has 0 atom stereocenters. The van der Waals surface area contributed by atoms with E-state index in [9.17, 15) is 0 Å². The summed E-state index contributed by atoms with van der Waals surface area (Å²) in [6.45, 7) is 6.93. The molecule has 3 heteroatoms. The van der Waals surface area contributed by atoms with Crippen LogP contribution in [-0.4, -0.2) is 6.10 Å². The van der Waals surface area contributed by atoms with Gasteiger partial charge in [-0.25, -0.2) is 0 Å². The molecule has 0 aliphatic rings. The van der Waals surface area contributed by atoms with Crippen LogP contribution in [-0.2, 0) is 13.0 Å². The zero-order valence-electron chi connectivity index (χ0n) is 13.0. The first-order valence-corrected chi connectivity index (χ1v) is 7.47. The van der Waals surface area contributed by atoms with E-state index in [1.54, 1.807) is 0 Å². The van der Waals surface area contributed by atoms with E-state index in [-0.39, 0.29) is 6.10 Å². The van der Waals surface area contributed by atoms with Crippen LogP contribution in [0.2, 0.25) is 0 Å². The number of anilines is 2. The van der Waals surface area contributed by atoms with Gasteiger partial charge in [0.15, 0.2) is 0 Å². The maximum absolute atomic E-state index is 6.18. The molecule has 0 saturated carbocycles. The maximum Gasteiger partial charge on any atom is 0.144 e. The van der Waals surface area contributed by atoms with Crippen molar-refractivity contribution in [1.82, 2.24) is 0 Å². The van der Waals surface area contributed by atoms with E-state index in [2.05, 4.69) is 36.5 Å². The Kier molecular flexibility index (Phi) is 5.09. The zero-order chi connectivity index (χ0) is 15.2. The number of rotatable bonds is 6. The van der Waals surface area contributed by atoms with E-state index >= 15 is 0 Å². The summed E-state index contributed by atoms with van der Waals surface area (Å²) in [5.74, 6) is 0.735. The highest BCUT2D eigenvalue weighted by molar-refractivity contribution is 5.73. The Balaban J connectivity index is 2.13. The zero-order valence-corrected chi connectivity index (χ0v) is 13.0. The summed E-state index contributed by atoms with van der Waals surface area (Å²) in [5.41, 5.74) is 10.4. The Hall–Kier alpha value is -2.16. The van der Waals surface area contributed by atoms with E-state index in [1.165, 1.54) is 11.1 Å². The van der Waals surface area contributed by atoms with Crippen molar-refractivity contribution >= 4 is 11.4 Å². The molecule has 21 heavy (non-hydrogen) atoms. The van der Waals surface area contributed by atoms with Gasteiger partial charge in [0.2, 0.25) is 0 Å². The minimum Gasteiger partial charge on any atom is -0.489 e. The Morgan fingerprint density at radius 3 is 2.43 bits per heavy atom. The van der Waals surface area contributed by atoms with Gasteiger partial charge in [0.1, 0.15) is 5.75 Å². The minimum absolute atomic E-state index is 0.114. The van der Waals surface area contributed by atoms with E-state index in [1.807, 2.05) is 32.0 Å². The summed E-state index contributed by atoms with van der Waals surface area (Å²) >= 11 is 0. The molecule has 3 nitrogen and oxygen atoms in total. The number of hydrogen-bond donors (Lipinski definition) is 2. The van der Waals surface area contributed by atoms with Crippen molar-refractivity contribution in [2.24, 2.45) is 0 Å². The first-order valence-electron chi connectivity index (χ1n) is 7.47. The van der Waals surface area contributed by atoms with Gasteiger partial charge in [-0.05, 0) is 43.5 Å². The third-order valence-corrected chi connectivity index (χ3v) is 3.40. The fourth-order valence-corrected chi connectivity index (χ4v) is 2.32. The van der Waals surface area contributed by atoms with Gasteiger partial charge in [0, 0.05) is 6.54 Å². The van der Waals surface area contributed by atoms with Crippen LogP contribution < -0.4 is 15.8 Å². The smallest absolute Gasteiger partial charge is 0.144 e. The van der Waals surface area contributed by atoms with Crippen molar-refractivity contribution in [1.29, 1.82) is 0 Å². The standard InChI is InChI=1S/C18H24N2O/c1-4-14-8-5-6-9-15(14)12-20-16-10-7-11-17(18(16)19)21-13(2)3/h5-11,13,20H,4,12,19H2,1-3H3. The van der Waals surface area contributed by atoms with E-state index in [0.29, 0.717) is 5.69 Å². The Morgan fingerprint density at radius 1 is 1.05 bits per heavy atom. The quantitative estimate of drug-likeness (QED) is 0.780. The fraction of sp³-hybridized carbons (Fsp3) is 0.333. The fourth-order valence-electron chi connectivity index (χ4n) is 2.32. The van der Waals surface area contributed by atoms with Crippen molar-refractivity contribution in [3.05, 3.63) is 53.6 Å². The van der Waals surface area contributed by atoms with E-state index in [0.717, 1.165) is 24.4 Å². The van der Waals surface area contributed by atoms with Crippen LogP contribution in [0.1, 0.15) is 31.9 Å². The summed E-state index contributed by atoms with van der Waals surface area (Å²) in [5, 5.41) is 3.41. The summed E-state index contributed by atoms with van der Waals surface area (Å²) in [6, 6.07) is 14.3. The van der Waals surface area contributed by atoms with Crippen LogP contribution in [0.25, 0.3) is 0 Å². The number of aryl methyl sites for hydroxylation is 1. The summed E-state index contributed by atoms with van der Waals surface area (Å²) in [6.07, 6.45) is 1.15. The summed E-state index contributed by atoms with van der Waals surface area (Å²) in [7, 11) is 0. The van der Waals surface area contributed by atoms with Gasteiger partial charge in [0.25, 0.3) is 0 Å². The van der Waals surface area contributed by atoms with Crippen molar-refractivity contribution in [3.8, 4) is 5.75 Å². The normalized spacial score (nSPS) is 10.7. The SMILES string of the molecule is CCc1ccccc1CNc1cccc(OC(C)C)c1N.